The molecule has 2 N–H and O–H groups in total. The van der Waals surface area contributed by atoms with Crippen molar-refractivity contribution in [2.75, 3.05) is 19.3 Å². The van der Waals surface area contributed by atoms with Crippen molar-refractivity contribution in [3.8, 4) is 17.0 Å². The van der Waals surface area contributed by atoms with E-state index in [0.29, 0.717) is 11.6 Å². The van der Waals surface area contributed by atoms with E-state index >= 15 is 0 Å². The molecule has 4 nitrogen and oxygen atoms in total. The Morgan fingerprint density at radius 2 is 1.96 bits per heavy atom. The number of benzene rings is 2. The maximum atomic E-state index is 13.5. The largest absolute Gasteiger partial charge is 0.486 e. The van der Waals surface area contributed by atoms with Gasteiger partial charge in [-0.15, -0.1) is 0 Å². The quantitative estimate of drug-likeness (QED) is 0.748. The van der Waals surface area contributed by atoms with Gasteiger partial charge in [0, 0.05) is 31.1 Å². The van der Waals surface area contributed by atoms with Crippen LogP contribution in [0.5, 0.6) is 5.75 Å². The molecule has 0 radical (unpaired) electrons. The number of pyridine rings is 1. The second-order valence-electron chi connectivity index (χ2n) is 6.95. The lowest BCUT2D eigenvalue weighted by atomic mass is 9.97. The van der Waals surface area contributed by atoms with Crippen molar-refractivity contribution in [1.82, 2.24) is 9.88 Å². The number of hydrogen-bond donors (Lipinski definition) is 1. The first-order chi connectivity index (χ1) is 13.1. The van der Waals surface area contributed by atoms with E-state index in [2.05, 4.69) is 29.1 Å². The zero-order chi connectivity index (χ0) is 18.8. The van der Waals surface area contributed by atoms with Gasteiger partial charge in [0.1, 0.15) is 23.5 Å². The van der Waals surface area contributed by atoms with E-state index in [0.717, 1.165) is 36.3 Å². The molecular weight excluding hydrogens is 341 g/mol. The molecule has 0 saturated carbocycles. The Balaban J connectivity index is 1.69. The van der Waals surface area contributed by atoms with Gasteiger partial charge < -0.3 is 15.4 Å². The van der Waals surface area contributed by atoms with Crippen LogP contribution in [0.4, 0.5) is 10.2 Å². The van der Waals surface area contributed by atoms with E-state index in [1.165, 1.54) is 17.7 Å². The second-order valence-corrected chi connectivity index (χ2v) is 6.95. The predicted octanol–water partition coefficient (Wildman–Crippen LogP) is 4.43. The second kappa shape index (κ2) is 7.37. The average Bonchev–Trinajstić information content (AvgIpc) is 2.80. The van der Waals surface area contributed by atoms with Gasteiger partial charge >= 0.3 is 0 Å². The Kier molecular flexibility index (Phi) is 4.77. The Labute approximate surface area is 158 Å². The predicted molar refractivity (Wildman–Crippen MR) is 105 cm³/mol. The van der Waals surface area contributed by atoms with Crippen LogP contribution in [0.25, 0.3) is 11.3 Å². The van der Waals surface area contributed by atoms with Gasteiger partial charge in [-0.2, -0.15) is 0 Å². The minimum absolute atomic E-state index is 0.116. The van der Waals surface area contributed by atoms with Crippen LogP contribution in [0, 0.1) is 5.82 Å². The molecule has 0 bridgehead atoms. The van der Waals surface area contributed by atoms with E-state index in [1.54, 1.807) is 18.2 Å². The molecule has 0 aliphatic carbocycles. The minimum atomic E-state index is -0.290. The van der Waals surface area contributed by atoms with Crippen molar-refractivity contribution < 1.29 is 9.13 Å². The molecule has 1 atom stereocenters. The summed E-state index contributed by atoms with van der Waals surface area (Å²) in [7, 11) is 2.10. The van der Waals surface area contributed by atoms with Crippen LogP contribution in [-0.2, 0) is 6.54 Å². The van der Waals surface area contributed by atoms with Gasteiger partial charge in [0.25, 0.3) is 0 Å². The molecule has 0 fully saturated rings. The molecular formula is C22H22FN3O. The van der Waals surface area contributed by atoms with Gasteiger partial charge in [-0.25, -0.2) is 9.37 Å². The molecule has 4 rings (SSSR count). The molecule has 3 aromatic rings. The summed E-state index contributed by atoms with van der Waals surface area (Å²) in [6, 6.07) is 18.3. The highest BCUT2D eigenvalue weighted by molar-refractivity contribution is 5.63. The maximum absolute atomic E-state index is 13.5. The summed E-state index contributed by atoms with van der Waals surface area (Å²) < 4.78 is 19.7. The van der Waals surface area contributed by atoms with E-state index in [4.69, 9.17) is 10.5 Å². The molecule has 1 aliphatic rings. The van der Waals surface area contributed by atoms with Gasteiger partial charge in [-0.05, 0) is 48.5 Å². The Hall–Kier alpha value is -2.92. The van der Waals surface area contributed by atoms with Gasteiger partial charge in [0.15, 0.2) is 0 Å². The summed E-state index contributed by atoms with van der Waals surface area (Å²) in [5.41, 5.74) is 10.0. The molecule has 5 heteroatoms. The molecule has 1 aromatic heterocycles. The third-order valence-electron chi connectivity index (χ3n) is 4.84. The summed E-state index contributed by atoms with van der Waals surface area (Å²) in [6.07, 6.45) is 0.727. The number of nitrogens with two attached hydrogens (primary N) is 1. The van der Waals surface area contributed by atoms with Crippen LogP contribution in [0.2, 0.25) is 0 Å². The SMILES string of the molecule is CN1CCC(Oc2cccc(F)c2)c2ccc(-c3cccc(N)n3)cc2C1. The lowest BCUT2D eigenvalue weighted by Crippen LogP contribution is -2.18. The molecule has 0 spiro atoms. The average molecular weight is 363 g/mol. The van der Waals surface area contributed by atoms with Crippen molar-refractivity contribution in [3.63, 3.8) is 0 Å². The van der Waals surface area contributed by atoms with E-state index in [-0.39, 0.29) is 11.9 Å². The zero-order valence-electron chi connectivity index (χ0n) is 15.2. The van der Waals surface area contributed by atoms with E-state index < -0.39 is 0 Å². The number of hydrogen-bond acceptors (Lipinski definition) is 4. The van der Waals surface area contributed by atoms with Crippen LogP contribution in [0.3, 0.4) is 0 Å². The number of rotatable bonds is 3. The summed E-state index contributed by atoms with van der Waals surface area (Å²) >= 11 is 0. The normalized spacial score (nSPS) is 17.2. The van der Waals surface area contributed by atoms with Crippen molar-refractivity contribution >= 4 is 5.82 Å². The lowest BCUT2D eigenvalue weighted by molar-refractivity contribution is 0.182. The highest BCUT2D eigenvalue weighted by atomic mass is 19.1. The first-order valence-corrected chi connectivity index (χ1v) is 9.05. The van der Waals surface area contributed by atoms with Crippen LogP contribution in [0.1, 0.15) is 23.7 Å². The summed E-state index contributed by atoms with van der Waals surface area (Å²) in [5.74, 6) is 0.769. The minimum Gasteiger partial charge on any atom is -0.486 e. The summed E-state index contributed by atoms with van der Waals surface area (Å²) in [6.45, 7) is 1.73. The number of anilines is 1. The summed E-state index contributed by atoms with van der Waals surface area (Å²) in [4.78, 5) is 6.69. The zero-order valence-corrected chi connectivity index (χ0v) is 15.2. The molecule has 27 heavy (non-hydrogen) atoms. The number of halogens is 1. The van der Waals surface area contributed by atoms with Gasteiger partial charge in [-0.3, -0.25) is 0 Å². The number of nitrogens with zero attached hydrogens (tertiary/aromatic N) is 2. The summed E-state index contributed by atoms with van der Waals surface area (Å²) in [5, 5.41) is 0. The highest BCUT2D eigenvalue weighted by Gasteiger charge is 2.23. The van der Waals surface area contributed by atoms with Crippen LogP contribution in [-0.4, -0.2) is 23.5 Å². The molecule has 2 heterocycles. The fraction of sp³-hybridized carbons (Fsp3) is 0.227. The molecule has 1 unspecified atom stereocenters. The van der Waals surface area contributed by atoms with Crippen molar-refractivity contribution in [2.24, 2.45) is 0 Å². The molecule has 0 saturated heterocycles. The smallest absolute Gasteiger partial charge is 0.126 e. The number of nitrogen functional groups attached to an aromatic ring is 1. The van der Waals surface area contributed by atoms with Gasteiger partial charge in [-0.1, -0.05) is 24.3 Å². The molecule has 2 aromatic carbocycles. The fourth-order valence-corrected chi connectivity index (χ4v) is 3.52. The van der Waals surface area contributed by atoms with Crippen LogP contribution in [0.15, 0.2) is 60.7 Å². The number of aromatic nitrogens is 1. The van der Waals surface area contributed by atoms with Crippen LogP contribution >= 0.6 is 0 Å². The monoisotopic (exact) mass is 363 g/mol. The Morgan fingerprint density at radius 3 is 2.78 bits per heavy atom. The molecule has 138 valence electrons. The standard InChI is InChI=1S/C22H22FN3O/c1-26-11-10-21(27-18-5-2-4-17(23)13-18)19-9-8-15(12-16(19)14-26)20-6-3-7-22(24)25-20/h2-9,12-13,21H,10-11,14H2,1H3,(H2,24,25). The van der Waals surface area contributed by atoms with E-state index in [9.17, 15) is 4.39 Å². The molecule has 1 aliphatic heterocycles. The van der Waals surface area contributed by atoms with Crippen molar-refractivity contribution in [1.29, 1.82) is 0 Å². The van der Waals surface area contributed by atoms with Crippen molar-refractivity contribution in [3.05, 3.63) is 77.6 Å². The lowest BCUT2D eigenvalue weighted by Gasteiger charge is -2.20. The van der Waals surface area contributed by atoms with Gasteiger partial charge in [0.2, 0.25) is 0 Å². The van der Waals surface area contributed by atoms with E-state index in [1.807, 2.05) is 18.2 Å². The third kappa shape index (κ3) is 3.93. The number of fused-ring (bicyclic) bond motifs is 1. The van der Waals surface area contributed by atoms with Crippen molar-refractivity contribution in [2.45, 2.75) is 19.1 Å². The Bertz CT molecular complexity index is 960. The number of ether oxygens (including phenoxy) is 1. The molecule has 0 amide bonds. The van der Waals surface area contributed by atoms with Gasteiger partial charge in [0.05, 0.1) is 5.69 Å². The Morgan fingerprint density at radius 1 is 1.11 bits per heavy atom. The van der Waals surface area contributed by atoms with Crippen LogP contribution < -0.4 is 10.5 Å². The maximum Gasteiger partial charge on any atom is 0.126 e. The highest BCUT2D eigenvalue weighted by Crippen LogP contribution is 2.33. The first kappa shape index (κ1) is 17.5. The first-order valence-electron chi connectivity index (χ1n) is 9.05. The fourth-order valence-electron chi connectivity index (χ4n) is 3.52. The third-order valence-corrected chi connectivity index (χ3v) is 4.84. The topological polar surface area (TPSA) is 51.4 Å².